The summed E-state index contributed by atoms with van der Waals surface area (Å²) in [5, 5.41) is 4.07. The van der Waals surface area contributed by atoms with Crippen LogP contribution in [0.1, 0.15) is 26.7 Å². The zero-order valence-corrected chi connectivity index (χ0v) is 6.05. The highest BCUT2D eigenvalue weighted by Crippen LogP contribution is 1.93. The SMILES string of the molecule is C1COOOC1.CCC. The standard InChI is InChI=1S/C3H6O3.C3H8/c1-2-4-6-5-3-1;1-3-2/h1-3H2;3H2,1-2H3. The van der Waals surface area contributed by atoms with Gasteiger partial charge in [0, 0.05) is 6.42 Å². The van der Waals surface area contributed by atoms with E-state index >= 15 is 0 Å². The van der Waals surface area contributed by atoms with Gasteiger partial charge in [0.15, 0.2) is 0 Å². The summed E-state index contributed by atoms with van der Waals surface area (Å²) in [6.07, 6.45) is 2.18. The molecule has 0 aromatic carbocycles. The monoisotopic (exact) mass is 134 g/mol. The van der Waals surface area contributed by atoms with Crippen LogP contribution < -0.4 is 0 Å². The predicted molar refractivity (Wildman–Crippen MR) is 33.6 cm³/mol. The lowest BCUT2D eigenvalue weighted by molar-refractivity contribution is -0.532. The molecule has 0 radical (unpaired) electrons. The largest absolute Gasteiger partial charge is 0.206 e. The van der Waals surface area contributed by atoms with Gasteiger partial charge < -0.3 is 0 Å². The van der Waals surface area contributed by atoms with Gasteiger partial charge in [0.1, 0.15) is 0 Å². The summed E-state index contributed by atoms with van der Waals surface area (Å²) in [4.78, 5) is 8.69. The van der Waals surface area contributed by atoms with E-state index < -0.39 is 0 Å². The molecule has 1 aliphatic rings. The molecular weight excluding hydrogens is 120 g/mol. The smallest absolute Gasteiger partial charge is 0.0877 e. The van der Waals surface area contributed by atoms with Crippen molar-refractivity contribution >= 4 is 0 Å². The Labute approximate surface area is 55.8 Å². The Bertz CT molecular complexity index is 32.1. The first kappa shape index (κ1) is 8.88. The molecule has 1 heterocycles. The van der Waals surface area contributed by atoms with Gasteiger partial charge in [-0.05, 0) is 0 Å². The Morgan fingerprint density at radius 3 is 1.67 bits per heavy atom. The minimum atomic E-state index is 0.653. The van der Waals surface area contributed by atoms with Gasteiger partial charge in [-0.15, -0.1) is 0 Å². The molecule has 1 fully saturated rings. The Morgan fingerprint density at radius 1 is 1.11 bits per heavy atom. The first-order valence-corrected chi connectivity index (χ1v) is 3.32. The van der Waals surface area contributed by atoms with Crippen LogP contribution in [0.5, 0.6) is 0 Å². The van der Waals surface area contributed by atoms with Gasteiger partial charge in [0.25, 0.3) is 0 Å². The first-order chi connectivity index (χ1) is 4.41. The highest BCUT2D eigenvalue weighted by molar-refractivity contribution is 4.28. The lowest BCUT2D eigenvalue weighted by atomic mass is 10.5. The van der Waals surface area contributed by atoms with Crippen molar-refractivity contribution in [2.75, 3.05) is 13.2 Å². The molecule has 0 N–H and O–H groups in total. The van der Waals surface area contributed by atoms with Gasteiger partial charge in [-0.2, -0.15) is 0 Å². The van der Waals surface area contributed by atoms with Crippen molar-refractivity contribution in [3.63, 3.8) is 0 Å². The third kappa shape index (κ3) is 7.88. The molecule has 0 atom stereocenters. The van der Waals surface area contributed by atoms with Crippen molar-refractivity contribution in [2.24, 2.45) is 0 Å². The van der Waals surface area contributed by atoms with Crippen LogP contribution in [0.15, 0.2) is 0 Å². The molecule has 0 saturated carbocycles. The molecule has 0 bridgehead atoms. The van der Waals surface area contributed by atoms with E-state index in [-0.39, 0.29) is 0 Å². The zero-order chi connectivity index (χ0) is 6.95. The molecule has 9 heavy (non-hydrogen) atoms. The van der Waals surface area contributed by atoms with Crippen molar-refractivity contribution in [2.45, 2.75) is 26.7 Å². The van der Waals surface area contributed by atoms with Gasteiger partial charge in [0.2, 0.25) is 0 Å². The zero-order valence-electron chi connectivity index (χ0n) is 6.05. The van der Waals surface area contributed by atoms with E-state index in [4.69, 9.17) is 0 Å². The van der Waals surface area contributed by atoms with Crippen molar-refractivity contribution in [3.8, 4) is 0 Å². The number of hydrogen-bond donors (Lipinski definition) is 0. The third-order valence-corrected chi connectivity index (χ3v) is 0.552. The first-order valence-electron chi connectivity index (χ1n) is 3.32. The van der Waals surface area contributed by atoms with Crippen molar-refractivity contribution in [3.05, 3.63) is 0 Å². The summed E-state index contributed by atoms with van der Waals surface area (Å²) < 4.78 is 0. The molecule has 1 saturated heterocycles. The Kier molecular flexibility index (Phi) is 7.77. The maximum absolute atomic E-state index is 4.35. The van der Waals surface area contributed by atoms with Crippen molar-refractivity contribution in [1.82, 2.24) is 0 Å². The van der Waals surface area contributed by atoms with E-state index in [1.165, 1.54) is 6.42 Å². The molecule has 0 amide bonds. The highest BCUT2D eigenvalue weighted by atomic mass is 17.5. The van der Waals surface area contributed by atoms with Gasteiger partial charge in [-0.25, -0.2) is 9.78 Å². The van der Waals surface area contributed by atoms with Crippen molar-refractivity contribution in [1.29, 1.82) is 0 Å². The maximum Gasteiger partial charge on any atom is 0.0877 e. The maximum atomic E-state index is 4.35. The topological polar surface area (TPSA) is 27.7 Å². The van der Waals surface area contributed by atoms with Crippen LogP contribution in [0.2, 0.25) is 0 Å². The van der Waals surface area contributed by atoms with E-state index in [1.807, 2.05) is 0 Å². The molecule has 0 aliphatic carbocycles. The Balaban J connectivity index is 0.000000187. The fourth-order valence-corrected chi connectivity index (χ4v) is 0.279. The van der Waals surface area contributed by atoms with Gasteiger partial charge >= 0.3 is 0 Å². The van der Waals surface area contributed by atoms with E-state index in [2.05, 4.69) is 28.7 Å². The third-order valence-electron chi connectivity index (χ3n) is 0.552. The average molecular weight is 134 g/mol. The van der Waals surface area contributed by atoms with Crippen LogP contribution >= 0.6 is 0 Å². The molecular formula is C6H14O3. The highest BCUT2D eigenvalue weighted by Gasteiger charge is 1.96. The molecule has 3 nitrogen and oxygen atoms in total. The summed E-state index contributed by atoms with van der Waals surface area (Å²) in [5.41, 5.74) is 0. The second-order valence-corrected chi connectivity index (χ2v) is 1.77. The van der Waals surface area contributed by atoms with Gasteiger partial charge in [0.05, 0.1) is 13.2 Å². The Hall–Kier alpha value is -0.120. The molecule has 3 heteroatoms. The summed E-state index contributed by atoms with van der Waals surface area (Å²) in [7, 11) is 0. The second kappa shape index (κ2) is 7.88. The lowest BCUT2D eigenvalue weighted by Gasteiger charge is -2.06. The number of hydrogen-bond acceptors (Lipinski definition) is 3. The normalized spacial score (nSPS) is 18.0. The summed E-state index contributed by atoms with van der Waals surface area (Å²) in [6, 6.07) is 0. The van der Waals surface area contributed by atoms with Gasteiger partial charge in [-0.1, -0.05) is 25.3 Å². The van der Waals surface area contributed by atoms with Crippen LogP contribution in [-0.4, -0.2) is 13.2 Å². The Morgan fingerprint density at radius 2 is 1.56 bits per heavy atom. The minimum Gasteiger partial charge on any atom is -0.206 e. The summed E-state index contributed by atoms with van der Waals surface area (Å²) in [5.74, 6) is 0. The van der Waals surface area contributed by atoms with Crippen LogP contribution in [0.25, 0.3) is 0 Å². The molecule has 0 aromatic rings. The molecule has 1 rings (SSSR count). The second-order valence-electron chi connectivity index (χ2n) is 1.77. The lowest BCUT2D eigenvalue weighted by Crippen LogP contribution is -2.08. The molecule has 56 valence electrons. The fourth-order valence-electron chi connectivity index (χ4n) is 0.279. The summed E-state index contributed by atoms with van der Waals surface area (Å²) in [6.45, 7) is 5.56. The van der Waals surface area contributed by atoms with Crippen LogP contribution in [0.3, 0.4) is 0 Å². The molecule has 1 aliphatic heterocycles. The van der Waals surface area contributed by atoms with E-state index in [1.54, 1.807) is 0 Å². The molecule has 0 spiro atoms. The van der Waals surface area contributed by atoms with Gasteiger partial charge in [-0.3, -0.25) is 0 Å². The van der Waals surface area contributed by atoms with Crippen LogP contribution in [0, 0.1) is 0 Å². The number of rotatable bonds is 0. The van der Waals surface area contributed by atoms with Crippen molar-refractivity contribution < 1.29 is 14.8 Å². The quantitative estimate of drug-likeness (QED) is 0.472. The predicted octanol–water partition coefficient (Wildman–Crippen LogP) is 1.69. The van der Waals surface area contributed by atoms with Crippen LogP contribution in [0.4, 0.5) is 0 Å². The minimum absolute atomic E-state index is 0.653. The van der Waals surface area contributed by atoms with E-state index in [9.17, 15) is 0 Å². The fraction of sp³-hybridized carbons (Fsp3) is 1.00. The summed E-state index contributed by atoms with van der Waals surface area (Å²) >= 11 is 0. The molecule has 0 aromatic heterocycles. The molecule has 0 unspecified atom stereocenters. The van der Waals surface area contributed by atoms with E-state index in [0.29, 0.717) is 13.2 Å². The average Bonchev–Trinajstić information content (AvgIpc) is 1.93. The van der Waals surface area contributed by atoms with E-state index in [0.717, 1.165) is 6.42 Å². The van der Waals surface area contributed by atoms with Crippen LogP contribution in [-0.2, 0) is 14.8 Å².